The molecule has 0 atom stereocenters. The van der Waals surface area contributed by atoms with Crippen LogP contribution in [0.2, 0.25) is 18.1 Å². The van der Waals surface area contributed by atoms with Gasteiger partial charge in [-0.05, 0) is 32.2 Å². The molecule has 0 aliphatic rings. The number of hydrogen-bond acceptors (Lipinski definition) is 2. The molecule has 0 radical (unpaired) electrons. The third-order valence-corrected chi connectivity index (χ3v) is 10.0. The summed E-state index contributed by atoms with van der Waals surface area (Å²) in [6.07, 6.45) is 16.6. The highest BCUT2D eigenvalue weighted by molar-refractivity contribution is 6.73. The van der Waals surface area contributed by atoms with Crippen molar-refractivity contribution in [2.45, 2.75) is 116 Å². The minimum Gasteiger partial charge on any atom is -0.416 e. The molecule has 0 heterocycles. The van der Waals surface area contributed by atoms with Crippen LogP contribution in [-0.4, -0.2) is 40.5 Å². The number of unbranched alkanes of at least 4 members (excludes halogenated alkanes) is 9. The van der Waals surface area contributed by atoms with E-state index in [-0.39, 0.29) is 0 Å². The van der Waals surface area contributed by atoms with Crippen molar-refractivity contribution in [3.63, 3.8) is 0 Å². The van der Waals surface area contributed by atoms with Crippen molar-refractivity contribution in [1.82, 2.24) is 4.90 Å². The van der Waals surface area contributed by atoms with E-state index in [2.05, 4.69) is 39.8 Å². The summed E-state index contributed by atoms with van der Waals surface area (Å²) < 4.78 is 6.78. The van der Waals surface area contributed by atoms with Crippen LogP contribution in [0.15, 0.2) is 0 Å². The monoisotopic (exact) mass is 371 g/mol. The molecule has 2 nitrogen and oxygen atoms in total. The minimum absolute atomic E-state index is 0.953. The molecule has 0 N–H and O–H groups in total. The molecule has 0 saturated heterocycles. The van der Waals surface area contributed by atoms with E-state index < -0.39 is 8.32 Å². The second kappa shape index (κ2) is 17.5. The smallest absolute Gasteiger partial charge is 0.192 e. The highest BCUT2D eigenvalue weighted by Gasteiger charge is 2.33. The molecule has 0 bridgehead atoms. The molecule has 0 aliphatic heterocycles. The van der Waals surface area contributed by atoms with Crippen molar-refractivity contribution in [3.8, 4) is 0 Å². The molecule has 0 aromatic carbocycles. The summed E-state index contributed by atoms with van der Waals surface area (Å²) in [5.74, 6) is 0. The largest absolute Gasteiger partial charge is 0.416 e. The van der Waals surface area contributed by atoms with Crippen LogP contribution >= 0.6 is 0 Å². The van der Waals surface area contributed by atoms with Crippen molar-refractivity contribution < 1.29 is 4.43 Å². The SMILES string of the molecule is CCCCCC[Si](CCCCCC)(CCCCCC)OCCN(C)C. The van der Waals surface area contributed by atoms with Crippen LogP contribution in [0.3, 0.4) is 0 Å². The van der Waals surface area contributed by atoms with Gasteiger partial charge in [0.25, 0.3) is 0 Å². The number of rotatable bonds is 19. The second-order valence-corrected chi connectivity index (χ2v) is 12.4. The summed E-state index contributed by atoms with van der Waals surface area (Å²) in [4.78, 5) is 2.27. The van der Waals surface area contributed by atoms with Gasteiger partial charge in [-0.15, -0.1) is 0 Å². The summed E-state index contributed by atoms with van der Waals surface area (Å²) in [7, 11) is 2.79. The first-order valence-electron chi connectivity index (χ1n) is 11.4. The van der Waals surface area contributed by atoms with Crippen LogP contribution in [0.4, 0.5) is 0 Å². The lowest BCUT2D eigenvalue weighted by atomic mass is 10.2. The minimum atomic E-state index is -1.54. The van der Waals surface area contributed by atoms with Gasteiger partial charge in [-0.25, -0.2) is 0 Å². The van der Waals surface area contributed by atoms with Crippen LogP contribution in [0.1, 0.15) is 97.8 Å². The zero-order chi connectivity index (χ0) is 18.8. The molecule has 0 fully saturated rings. The predicted molar refractivity (Wildman–Crippen MR) is 117 cm³/mol. The topological polar surface area (TPSA) is 12.5 Å². The maximum absolute atomic E-state index is 6.78. The molecule has 0 aromatic rings. The van der Waals surface area contributed by atoms with E-state index in [1.165, 1.54) is 95.2 Å². The number of nitrogens with zero attached hydrogens (tertiary/aromatic N) is 1. The van der Waals surface area contributed by atoms with Gasteiger partial charge in [0.15, 0.2) is 8.32 Å². The number of hydrogen-bond donors (Lipinski definition) is 0. The van der Waals surface area contributed by atoms with Gasteiger partial charge in [0.1, 0.15) is 0 Å². The lowest BCUT2D eigenvalue weighted by molar-refractivity contribution is 0.245. The first-order valence-corrected chi connectivity index (χ1v) is 13.9. The zero-order valence-electron chi connectivity index (χ0n) is 18.4. The van der Waals surface area contributed by atoms with Crippen molar-refractivity contribution in [2.24, 2.45) is 0 Å². The Labute approximate surface area is 161 Å². The van der Waals surface area contributed by atoms with Gasteiger partial charge in [-0.3, -0.25) is 0 Å². The van der Waals surface area contributed by atoms with E-state index in [0.717, 1.165) is 13.2 Å². The molecular formula is C22H49NOSi. The summed E-state index contributed by atoms with van der Waals surface area (Å²) in [5, 5.41) is 0. The third kappa shape index (κ3) is 14.9. The summed E-state index contributed by atoms with van der Waals surface area (Å²) >= 11 is 0. The fourth-order valence-corrected chi connectivity index (χ4v) is 8.05. The molecule has 0 amide bonds. The fraction of sp³-hybridized carbons (Fsp3) is 1.00. The molecule has 0 aliphatic carbocycles. The lowest BCUT2D eigenvalue weighted by Gasteiger charge is -2.33. The molecular weight excluding hydrogens is 322 g/mol. The van der Waals surface area contributed by atoms with E-state index in [4.69, 9.17) is 4.43 Å². The zero-order valence-corrected chi connectivity index (χ0v) is 19.4. The normalized spacial score (nSPS) is 12.2. The van der Waals surface area contributed by atoms with Crippen molar-refractivity contribution in [2.75, 3.05) is 27.2 Å². The average molecular weight is 372 g/mol. The maximum atomic E-state index is 6.78. The van der Waals surface area contributed by atoms with Crippen molar-refractivity contribution >= 4 is 8.32 Å². The Morgan fingerprint density at radius 3 is 1.32 bits per heavy atom. The van der Waals surface area contributed by atoms with Crippen molar-refractivity contribution in [1.29, 1.82) is 0 Å². The summed E-state index contributed by atoms with van der Waals surface area (Å²) in [6, 6.07) is 4.25. The van der Waals surface area contributed by atoms with Gasteiger partial charge >= 0.3 is 0 Å². The average Bonchev–Trinajstić information content (AvgIpc) is 2.59. The van der Waals surface area contributed by atoms with Gasteiger partial charge in [-0.1, -0.05) is 97.8 Å². The molecule has 3 heteroatoms. The second-order valence-electron chi connectivity index (χ2n) is 8.27. The molecule has 0 saturated carbocycles. The van der Waals surface area contributed by atoms with Gasteiger partial charge < -0.3 is 9.33 Å². The first-order chi connectivity index (χ1) is 12.1. The fourth-order valence-electron chi connectivity index (χ4n) is 3.66. The highest BCUT2D eigenvalue weighted by Crippen LogP contribution is 2.30. The van der Waals surface area contributed by atoms with Gasteiger partial charge in [0.2, 0.25) is 0 Å². The van der Waals surface area contributed by atoms with E-state index in [1.54, 1.807) is 0 Å². The molecule has 0 spiro atoms. The Balaban J connectivity index is 4.67. The van der Waals surface area contributed by atoms with E-state index in [9.17, 15) is 0 Å². The molecule has 0 unspecified atom stereocenters. The van der Waals surface area contributed by atoms with Crippen LogP contribution in [0.5, 0.6) is 0 Å². The van der Waals surface area contributed by atoms with E-state index in [1.807, 2.05) is 0 Å². The van der Waals surface area contributed by atoms with Crippen LogP contribution in [-0.2, 0) is 4.43 Å². The first kappa shape index (κ1) is 25.1. The Hall–Kier alpha value is 0.137. The van der Waals surface area contributed by atoms with E-state index in [0.29, 0.717) is 0 Å². The van der Waals surface area contributed by atoms with Gasteiger partial charge in [0, 0.05) is 13.2 Å². The highest BCUT2D eigenvalue weighted by atomic mass is 28.4. The van der Waals surface area contributed by atoms with Crippen LogP contribution < -0.4 is 0 Å². The van der Waals surface area contributed by atoms with Gasteiger partial charge in [0.05, 0.1) is 0 Å². The Bertz CT molecular complexity index is 239. The van der Waals surface area contributed by atoms with Gasteiger partial charge in [-0.2, -0.15) is 0 Å². The van der Waals surface area contributed by atoms with Crippen LogP contribution in [0, 0.1) is 0 Å². The predicted octanol–water partition coefficient (Wildman–Crippen LogP) is 7.25. The lowest BCUT2D eigenvalue weighted by Crippen LogP contribution is -2.40. The van der Waals surface area contributed by atoms with E-state index >= 15 is 0 Å². The molecule has 0 rings (SSSR count). The Morgan fingerprint density at radius 2 is 1.00 bits per heavy atom. The molecule has 0 aromatic heterocycles. The summed E-state index contributed by atoms with van der Waals surface area (Å²) in [5.41, 5.74) is 0. The standard InChI is InChI=1S/C22H49NOSi/c1-6-9-12-15-20-25(21-16-13-10-7-2,22-17-14-11-8-3)24-19-18-23(4)5/h6-22H2,1-5H3. The quantitative estimate of drug-likeness (QED) is 0.175. The van der Waals surface area contributed by atoms with Crippen molar-refractivity contribution in [3.05, 3.63) is 0 Å². The Kier molecular flexibility index (Phi) is 17.6. The maximum Gasteiger partial charge on any atom is 0.192 e. The third-order valence-electron chi connectivity index (χ3n) is 5.40. The van der Waals surface area contributed by atoms with Crippen LogP contribution in [0.25, 0.3) is 0 Å². The summed E-state index contributed by atoms with van der Waals surface area (Å²) in [6.45, 7) is 8.97. The molecule has 152 valence electrons. The number of likely N-dealkylation sites (N-methyl/N-ethyl adjacent to an activating group) is 1. The Morgan fingerprint density at radius 1 is 0.600 bits per heavy atom. The molecule has 25 heavy (non-hydrogen) atoms.